The van der Waals surface area contributed by atoms with Gasteiger partial charge in [0.25, 0.3) is 0 Å². The zero-order valence-electron chi connectivity index (χ0n) is 16.7. The highest BCUT2D eigenvalue weighted by Gasteiger charge is 2.63. The molecule has 2 fully saturated rings. The summed E-state index contributed by atoms with van der Waals surface area (Å²) in [4.78, 5) is 36.2. The molecule has 8 heteroatoms. The van der Waals surface area contributed by atoms with Gasteiger partial charge in [-0.2, -0.15) is 0 Å². The van der Waals surface area contributed by atoms with Crippen molar-refractivity contribution in [2.75, 3.05) is 6.61 Å². The summed E-state index contributed by atoms with van der Waals surface area (Å²) < 4.78 is 16.6. The molecule has 1 saturated carbocycles. The van der Waals surface area contributed by atoms with Gasteiger partial charge >= 0.3 is 17.9 Å². The van der Waals surface area contributed by atoms with Crippen LogP contribution in [0.1, 0.15) is 27.2 Å². The highest BCUT2D eigenvalue weighted by atomic mass is 16.6. The molecule has 1 aliphatic heterocycles. The first-order valence-corrected chi connectivity index (χ1v) is 9.44. The Bertz CT molecular complexity index is 811. The maximum atomic E-state index is 12.4. The van der Waals surface area contributed by atoms with Crippen molar-refractivity contribution in [3.8, 4) is 0 Å². The molecule has 3 aliphatic rings. The van der Waals surface area contributed by atoms with Crippen molar-refractivity contribution in [2.45, 2.75) is 51.6 Å². The van der Waals surface area contributed by atoms with Crippen LogP contribution in [0, 0.1) is 17.3 Å². The lowest BCUT2D eigenvalue weighted by Gasteiger charge is -2.54. The molecule has 0 aromatic heterocycles. The Morgan fingerprint density at radius 1 is 1.38 bits per heavy atom. The van der Waals surface area contributed by atoms with Crippen LogP contribution in [0.15, 0.2) is 36.0 Å². The predicted molar refractivity (Wildman–Crippen MR) is 100 cm³/mol. The molecule has 0 aromatic carbocycles. The molecule has 158 valence electrons. The van der Waals surface area contributed by atoms with E-state index in [4.69, 9.17) is 14.2 Å². The molecule has 0 spiro atoms. The van der Waals surface area contributed by atoms with E-state index in [1.807, 2.05) is 6.92 Å². The molecule has 0 bridgehead atoms. The van der Waals surface area contributed by atoms with Gasteiger partial charge in [0, 0.05) is 23.8 Å². The molecular weight excluding hydrogens is 380 g/mol. The number of fused-ring (bicyclic) bond motifs is 3. The van der Waals surface area contributed by atoms with Crippen LogP contribution < -0.4 is 0 Å². The van der Waals surface area contributed by atoms with E-state index in [-0.39, 0.29) is 23.5 Å². The SMILES string of the molecule is C=C(CO)C(=O)O[C@H]1[C@H](OC(C)=O)C=C(C)[C@@H]2[C@H]3OC(=O)C(=C)[C@@H]3[C@@H](O)C[C@]21C. The molecule has 29 heavy (non-hydrogen) atoms. The highest BCUT2D eigenvalue weighted by Crippen LogP contribution is 2.57. The maximum absolute atomic E-state index is 12.4. The fraction of sp³-hybridized carbons (Fsp3) is 0.571. The van der Waals surface area contributed by atoms with Gasteiger partial charge in [0.1, 0.15) is 12.2 Å². The average molecular weight is 406 g/mol. The Morgan fingerprint density at radius 3 is 2.62 bits per heavy atom. The molecule has 3 rings (SSSR count). The van der Waals surface area contributed by atoms with Crippen LogP contribution in [0.4, 0.5) is 0 Å². The number of aliphatic hydroxyl groups is 2. The van der Waals surface area contributed by atoms with Crippen LogP contribution in [-0.4, -0.2) is 59.1 Å². The van der Waals surface area contributed by atoms with Gasteiger partial charge < -0.3 is 24.4 Å². The van der Waals surface area contributed by atoms with Crippen molar-refractivity contribution in [3.05, 3.63) is 36.0 Å². The summed E-state index contributed by atoms with van der Waals surface area (Å²) in [5, 5.41) is 20.0. The molecule has 7 atom stereocenters. The number of carbonyl (C=O) groups excluding carboxylic acids is 3. The number of hydrogen-bond donors (Lipinski definition) is 2. The second-order valence-electron chi connectivity index (χ2n) is 8.25. The average Bonchev–Trinajstić information content (AvgIpc) is 2.91. The second kappa shape index (κ2) is 7.42. The summed E-state index contributed by atoms with van der Waals surface area (Å²) >= 11 is 0. The van der Waals surface area contributed by atoms with Crippen molar-refractivity contribution >= 4 is 17.9 Å². The van der Waals surface area contributed by atoms with Crippen LogP contribution in [0.25, 0.3) is 0 Å². The lowest BCUT2D eigenvalue weighted by Crippen LogP contribution is -2.61. The Balaban J connectivity index is 2.07. The molecular formula is C21H26O8. The molecule has 0 aromatic rings. The van der Waals surface area contributed by atoms with Gasteiger partial charge in [0.05, 0.1) is 24.2 Å². The fourth-order valence-corrected chi connectivity index (χ4v) is 5.06. The van der Waals surface area contributed by atoms with Crippen molar-refractivity contribution in [3.63, 3.8) is 0 Å². The second-order valence-corrected chi connectivity index (χ2v) is 8.25. The third kappa shape index (κ3) is 3.40. The summed E-state index contributed by atoms with van der Waals surface area (Å²) in [5.74, 6) is -2.88. The van der Waals surface area contributed by atoms with E-state index >= 15 is 0 Å². The Labute approximate surface area is 168 Å². The normalized spacial score (nSPS) is 38.3. The molecule has 0 radical (unpaired) electrons. The van der Waals surface area contributed by atoms with Crippen molar-refractivity contribution < 1.29 is 38.8 Å². The van der Waals surface area contributed by atoms with Gasteiger partial charge in [0.2, 0.25) is 0 Å². The molecule has 2 aliphatic carbocycles. The van der Waals surface area contributed by atoms with Gasteiger partial charge in [-0.15, -0.1) is 0 Å². The number of aliphatic hydroxyl groups excluding tert-OH is 2. The van der Waals surface area contributed by atoms with Crippen LogP contribution in [0.3, 0.4) is 0 Å². The van der Waals surface area contributed by atoms with Crippen molar-refractivity contribution in [1.82, 2.24) is 0 Å². The number of rotatable bonds is 4. The molecule has 1 heterocycles. The maximum Gasteiger partial charge on any atom is 0.336 e. The highest BCUT2D eigenvalue weighted by molar-refractivity contribution is 5.91. The molecule has 1 saturated heterocycles. The summed E-state index contributed by atoms with van der Waals surface area (Å²) in [6.45, 7) is 11.5. The molecule has 8 nitrogen and oxygen atoms in total. The summed E-state index contributed by atoms with van der Waals surface area (Å²) in [6.07, 6.45) is -1.64. The lowest BCUT2D eigenvalue weighted by atomic mass is 9.54. The van der Waals surface area contributed by atoms with E-state index in [1.54, 1.807) is 13.0 Å². The number of ether oxygens (including phenoxy) is 3. The minimum atomic E-state index is -0.973. The summed E-state index contributed by atoms with van der Waals surface area (Å²) in [6, 6.07) is 0. The summed E-state index contributed by atoms with van der Waals surface area (Å²) in [7, 11) is 0. The standard InChI is InChI=1S/C21H26O8/c1-9-6-14(27-12(4)23)18(29-19(25)10(2)8-22)21(5)7-13(24)15-11(3)20(26)28-17(15)16(9)21/h6,13-18,22,24H,2-3,7-8H2,1,4-5H3/t13-,14+,15+,16+,17-,18-,21+/m0/s1. The quantitative estimate of drug-likeness (QED) is 0.305. The van der Waals surface area contributed by atoms with E-state index in [0.717, 1.165) is 5.57 Å². The first kappa shape index (κ1) is 21.3. The topological polar surface area (TPSA) is 119 Å². The van der Waals surface area contributed by atoms with Crippen LogP contribution in [0.2, 0.25) is 0 Å². The van der Waals surface area contributed by atoms with Gasteiger partial charge in [-0.1, -0.05) is 25.7 Å². The van der Waals surface area contributed by atoms with Crippen LogP contribution in [-0.2, 0) is 28.6 Å². The lowest BCUT2D eigenvalue weighted by molar-refractivity contribution is -0.196. The number of carbonyl (C=O) groups is 3. The zero-order chi connectivity index (χ0) is 21.7. The summed E-state index contributed by atoms with van der Waals surface area (Å²) in [5.41, 5.74) is -0.0264. The van der Waals surface area contributed by atoms with Crippen LogP contribution >= 0.6 is 0 Å². The fourth-order valence-electron chi connectivity index (χ4n) is 5.06. The Hall–Kier alpha value is -2.45. The third-order valence-corrected chi connectivity index (χ3v) is 6.25. The molecule has 0 amide bonds. The van der Waals surface area contributed by atoms with Crippen molar-refractivity contribution in [2.24, 2.45) is 17.3 Å². The monoisotopic (exact) mass is 406 g/mol. The van der Waals surface area contributed by atoms with E-state index in [0.29, 0.717) is 0 Å². The van der Waals surface area contributed by atoms with Crippen LogP contribution in [0.5, 0.6) is 0 Å². The predicted octanol–water partition coefficient (Wildman–Crippen LogP) is 0.823. The van der Waals surface area contributed by atoms with Gasteiger partial charge in [-0.05, 0) is 19.4 Å². The van der Waals surface area contributed by atoms with E-state index in [1.165, 1.54) is 6.92 Å². The largest absolute Gasteiger partial charge is 0.458 e. The van der Waals surface area contributed by atoms with Gasteiger partial charge in [-0.3, -0.25) is 4.79 Å². The third-order valence-electron chi connectivity index (χ3n) is 6.25. The van der Waals surface area contributed by atoms with Gasteiger partial charge in [0.15, 0.2) is 6.10 Å². The zero-order valence-corrected chi connectivity index (χ0v) is 16.7. The number of esters is 3. The van der Waals surface area contributed by atoms with Gasteiger partial charge in [-0.25, -0.2) is 9.59 Å². The van der Waals surface area contributed by atoms with E-state index < -0.39 is 60.3 Å². The molecule has 0 unspecified atom stereocenters. The van der Waals surface area contributed by atoms with Crippen molar-refractivity contribution in [1.29, 1.82) is 0 Å². The number of hydrogen-bond acceptors (Lipinski definition) is 8. The van der Waals surface area contributed by atoms with E-state index in [9.17, 15) is 24.6 Å². The Morgan fingerprint density at radius 2 is 2.03 bits per heavy atom. The Kier molecular flexibility index (Phi) is 5.44. The smallest absolute Gasteiger partial charge is 0.336 e. The minimum absolute atomic E-state index is 0.145. The first-order chi connectivity index (χ1) is 13.5. The van der Waals surface area contributed by atoms with E-state index in [2.05, 4.69) is 13.2 Å². The first-order valence-electron chi connectivity index (χ1n) is 9.44. The minimum Gasteiger partial charge on any atom is -0.458 e. The molecule has 2 N–H and O–H groups in total.